The van der Waals surface area contributed by atoms with Crippen molar-refractivity contribution >= 4 is 6.09 Å². The van der Waals surface area contributed by atoms with Crippen LogP contribution >= 0.6 is 0 Å². The van der Waals surface area contributed by atoms with E-state index >= 15 is 0 Å². The summed E-state index contributed by atoms with van der Waals surface area (Å²) in [5.74, 6) is 0.779. The highest BCUT2D eigenvalue weighted by Gasteiger charge is 2.31. The maximum absolute atomic E-state index is 11.9. The third-order valence-corrected chi connectivity index (χ3v) is 3.82. The highest BCUT2D eigenvalue weighted by Crippen LogP contribution is 2.30. The Kier molecular flexibility index (Phi) is 3.70. The normalized spacial score (nSPS) is 31.9. The van der Waals surface area contributed by atoms with Crippen LogP contribution in [0.4, 0.5) is 4.79 Å². The van der Waals surface area contributed by atoms with Gasteiger partial charge in [0, 0.05) is 19.6 Å². The molecule has 18 heavy (non-hydrogen) atoms. The number of amides is 1. The van der Waals surface area contributed by atoms with Crippen LogP contribution in [0.2, 0.25) is 0 Å². The molecule has 3 rings (SSSR count). The number of carbonyl (C=O) groups excluding carboxylic acids is 1. The Balaban J connectivity index is 1.38. The topological polar surface area (TPSA) is 48.0 Å². The average molecular weight is 255 g/mol. The Morgan fingerprint density at radius 1 is 1.22 bits per heavy atom. The molecule has 2 atom stereocenters. The van der Waals surface area contributed by atoms with Crippen molar-refractivity contribution in [1.82, 2.24) is 4.90 Å². The van der Waals surface area contributed by atoms with E-state index in [1.165, 1.54) is 12.8 Å². The van der Waals surface area contributed by atoms with Crippen molar-refractivity contribution in [2.75, 3.05) is 32.9 Å². The number of nitrogens with zero attached hydrogens (tertiary/aromatic N) is 1. The maximum atomic E-state index is 11.9. The van der Waals surface area contributed by atoms with Crippen molar-refractivity contribution in [2.45, 2.75) is 37.9 Å². The van der Waals surface area contributed by atoms with Gasteiger partial charge in [-0.1, -0.05) is 0 Å². The van der Waals surface area contributed by atoms with Gasteiger partial charge in [-0.15, -0.1) is 0 Å². The lowest BCUT2D eigenvalue weighted by atomic mass is 10.3. The van der Waals surface area contributed by atoms with Gasteiger partial charge in [-0.2, -0.15) is 0 Å². The molecule has 0 bridgehead atoms. The van der Waals surface area contributed by atoms with Crippen molar-refractivity contribution in [3.8, 4) is 0 Å². The minimum absolute atomic E-state index is 0.0519. The summed E-state index contributed by atoms with van der Waals surface area (Å²) in [7, 11) is 0. The van der Waals surface area contributed by atoms with Crippen LogP contribution in [0, 0.1) is 5.92 Å². The molecule has 0 spiro atoms. The molecular formula is C13H21NO4. The lowest BCUT2D eigenvalue weighted by Crippen LogP contribution is -2.33. The molecule has 0 aromatic heterocycles. The first kappa shape index (κ1) is 12.2. The molecule has 0 N–H and O–H groups in total. The molecule has 0 aromatic rings. The zero-order valence-electron chi connectivity index (χ0n) is 10.7. The highest BCUT2D eigenvalue weighted by molar-refractivity contribution is 5.68. The number of hydrogen-bond acceptors (Lipinski definition) is 4. The molecule has 2 saturated heterocycles. The van der Waals surface area contributed by atoms with Gasteiger partial charge in [-0.25, -0.2) is 4.79 Å². The second-order valence-electron chi connectivity index (χ2n) is 5.50. The van der Waals surface area contributed by atoms with E-state index in [9.17, 15) is 4.79 Å². The lowest BCUT2D eigenvalue weighted by molar-refractivity contribution is 0.0385. The molecule has 5 heteroatoms. The average Bonchev–Trinajstić information content (AvgIpc) is 2.88. The molecule has 3 fully saturated rings. The van der Waals surface area contributed by atoms with Crippen LogP contribution in [0.15, 0.2) is 0 Å². The summed E-state index contributed by atoms with van der Waals surface area (Å²) in [6, 6.07) is 0. The van der Waals surface area contributed by atoms with Gasteiger partial charge in [0.1, 0.15) is 6.10 Å². The Labute approximate surface area is 107 Å². The van der Waals surface area contributed by atoms with E-state index in [1.54, 1.807) is 4.90 Å². The van der Waals surface area contributed by atoms with Crippen LogP contribution < -0.4 is 0 Å². The monoisotopic (exact) mass is 255 g/mol. The van der Waals surface area contributed by atoms with E-state index in [-0.39, 0.29) is 18.3 Å². The van der Waals surface area contributed by atoms with Crippen molar-refractivity contribution in [3.63, 3.8) is 0 Å². The van der Waals surface area contributed by atoms with Crippen LogP contribution in [0.3, 0.4) is 0 Å². The van der Waals surface area contributed by atoms with Crippen LogP contribution in [-0.4, -0.2) is 56.1 Å². The summed E-state index contributed by atoms with van der Waals surface area (Å²) in [6.07, 6.45) is 4.31. The number of hydrogen-bond donors (Lipinski definition) is 0. The number of ether oxygens (including phenoxy) is 3. The maximum Gasteiger partial charge on any atom is 0.410 e. The molecule has 1 amide bonds. The van der Waals surface area contributed by atoms with Crippen molar-refractivity contribution in [1.29, 1.82) is 0 Å². The standard InChI is InChI=1S/C13H21NO4/c15-13(18-12-4-6-16-9-12)14-5-3-11(7-14)17-8-10-1-2-10/h10-12H,1-9H2/t11-,12+/m0/s1. The van der Waals surface area contributed by atoms with Gasteiger partial charge in [0.15, 0.2) is 0 Å². The fraction of sp³-hybridized carbons (Fsp3) is 0.923. The minimum atomic E-state index is -0.206. The van der Waals surface area contributed by atoms with Gasteiger partial charge in [-0.05, 0) is 25.2 Å². The molecule has 1 saturated carbocycles. The van der Waals surface area contributed by atoms with Crippen molar-refractivity contribution in [3.05, 3.63) is 0 Å². The molecule has 2 aliphatic heterocycles. The molecule has 2 heterocycles. The first-order chi connectivity index (χ1) is 8.81. The van der Waals surface area contributed by atoms with Crippen LogP contribution in [0.25, 0.3) is 0 Å². The predicted molar refractivity (Wildman–Crippen MR) is 64.4 cm³/mol. The molecule has 0 unspecified atom stereocenters. The smallest absolute Gasteiger partial charge is 0.410 e. The summed E-state index contributed by atoms with van der Waals surface area (Å²) >= 11 is 0. The van der Waals surface area contributed by atoms with Crippen LogP contribution in [-0.2, 0) is 14.2 Å². The van der Waals surface area contributed by atoms with E-state index in [2.05, 4.69) is 0 Å². The largest absolute Gasteiger partial charge is 0.444 e. The zero-order chi connectivity index (χ0) is 12.4. The molecule has 0 radical (unpaired) electrons. The Hall–Kier alpha value is -0.810. The fourth-order valence-electron chi connectivity index (χ4n) is 2.41. The van der Waals surface area contributed by atoms with Gasteiger partial charge in [0.05, 0.1) is 25.9 Å². The SMILES string of the molecule is O=C(O[C@@H]1CCOC1)N1CC[C@H](OCC2CC2)C1. The van der Waals surface area contributed by atoms with E-state index in [1.807, 2.05) is 0 Å². The minimum Gasteiger partial charge on any atom is -0.444 e. The first-order valence-corrected chi connectivity index (χ1v) is 6.96. The second kappa shape index (κ2) is 5.45. The first-order valence-electron chi connectivity index (χ1n) is 6.96. The van der Waals surface area contributed by atoms with Gasteiger partial charge >= 0.3 is 6.09 Å². The predicted octanol–water partition coefficient (Wildman–Crippen LogP) is 1.41. The van der Waals surface area contributed by atoms with Gasteiger partial charge in [0.25, 0.3) is 0 Å². The lowest BCUT2D eigenvalue weighted by Gasteiger charge is -2.19. The molecule has 3 aliphatic rings. The van der Waals surface area contributed by atoms with E-state index in [4.69, 9.17) is 14.2 Å². The fourth-order valence-corrected chi connectivity index (χ4v) is 2.41. The van der Waals surface area contributed by atoms with Crippen molar-refractivity contribution < 1.29 is 19.0 Å². The van der Waals surface area contributed by atoms with Gasteiger partial charge in [-0.3, -0.25) is 0 Å². The molecule has 1 aliphatic carbocycles. The summed E-state index contributed by atoms with van der Waals surface area (Å²) in [6.45, 7) is 3.54. The summed E-state index contributed by atoms with van der Waals surface area (Å²) in [4.78, 5) is 13.6. The van der Waals surface area contributed by atoms with E-state index in [0.717, 1.165) is 31.9 Å². The van der Waals surface area contributed by atoms with E-state index < -0.39 is 0 Å². The number of likely N-dealkylation sites (tertiary alicyclic amines) is 1. The van der Waals surface area contributed by atoms with E-state index in [0.29, 0.717) is 19.8 Å². The Bertz CT molecular complexity index is 299. The number of rotatable bonds is 4. The zero-order valence-corrected chi connectivity index (χ0v) is 10.7. The third-order valence-electron chi connectivity index (χ3n) is 3.82. The summed E-state index contributed by atoms with van der Waals surface area (Å²) < 4.78 is 16.4. The van der Waals surface area contributed by atoms with Crippen LogP contribution in [0.5, 0.6) is 0 Å². The summed E-state index contributed by atoms with van der Waals surface area (Å²) in [5.41, 5.74) is 0. The molecular weight excluding hydrogens is 234 g/mol. The highest BCUT2D eigenvalue weighted by atomic mass is 16.6. The molecule has 102 valence electrons. The van der Waals surface area contributed by atoms with Gasteiger partial charge in [0.2, 0.25) is 0 Å². The van der Waals surface area contributed by atoms with Crippen LogP contribution in [0.1, 0.15) is 25.7 Å². The quantitative estimate of drug-likeness (QED) is 0.762. The molecule has 0 aromatic carbocycles. The van der Waals surface area contributed by atoms with Crippen molar-refractivity contribution in [2.24, 2.45) is 5.92 Å². The second-order valence-corrected chi connectivity index (χ2v) is 5.50. The Morgan fingerprint density at radius 3 is 2.83 bits per heavy atom. The Morgan fingerprint density at radius 2 is 2.11 bits per heavy atom. The summed E-state index contributed by atoms with van der Waals surface area (Å²) in [5, 5.41) is 0. The van der Waals surface area contributed by atoms with Gasteiger partial charge < -0.3 is 19.1 Å². The number of carbonyl (C=O) groups is 1. The third kappa shape index (κ3) is 3.14. The molecule has 5 nitrogen and oxygen atoms in total.